The van der Waals surface area contributed by atoms with E-state index in [1.54, 1.807) is 35.8 Å². The van der Waals surface area contributed by atoms with Crippen LogP contribution in [0.25, 0.3) is 16.6 Å². The number of rotatable bonds is 8. The number of hydrogen-bond acceptors (Lipinski definition) is 3. The van der Waals surface area contributed by atoms with Crippen molar-refractivity contribution in [2.45, 2.75) is 19.8 Å². The number of carboxylic acids is 2. The molecule has 8 heteroatoms. The van der Waals surface area contributed by atoms with Crippen LogP contribution in [0.2, 0.25) is 0 Å². The first-order valence-electron chi connectivity index (χ1n) is 10.6. The van der Waals surface area contributed by atoms with Crippen LogP contribution in [0.1, 0.15) is 38.4 Å². The molecule has 0 bridgehead atoms. The third kappa shape index (κ3) is 4.22. The molecule has 0 radical (unpaired) electrons. The number of aromatic carboxylic acids is 2. The second-order valence-corrected chi connectivity index (χ2v) is 7.80. The summed E-state index contributed by atoms with van der Waals surface area (Å²) in [6.45, 7) is 1.79. The maximum absolute atomic E-state index is 13.8. The number of aromatic nitrogens is 1. The van der Waals surface area contributed by atoms with Gasteiger partial charge in [0.1, 0.15) is 5.69 Å². The Kier molecular flexibility index (Phi) is 6.32. The molecule has 0 aliphatic carbocycles. The number of fused-ring (bicyclic) bond motifs is 1. The SMILES string of the molecule is Cc1cc(C(=O)O)ccc1-n1c(C(=O)O)c(CCCOc2cccc(F)c2F)c2ccccc21. The average molecular weight is 465 g/mol. The van der Waals surface area contributed by atoms with Gasteiger partial charge in [-0.25, -0.2) is 14.0 Å². The van der Waals surface area contributed by atoms with E-state index in [2.05, 4.69) is 0 Å². The highest BCUT2D eigenvalue weighted by atomic mass is 19.2. The number of benzene rings is 3. The van der Waals surface area contributed by atoms with E-state index in [-0.39, 0.29) is 23.6 Å². The lowest BCUT2D eigenvalue weighted by atomic mass is 10.1. The molecule has 1 heterocycles. The molecular weight excluding hydrogens is 444 g/mol. The maximum atomic E-state index is 13.8. The lowest BCUT2D eigenvalue weighted by Crippen LogP contribution is -2.11. The first-order chi connectivity index (χ1) is 16.3. The van der Waals surface area contributed by atoms with Gasteiger partial charge in [0.15, 0.2) is 11.6 Å². The number of hydrogen-bond donors (Lipinski definition) is 2. The summed E-state index contributed by atoms with van der Waals surface area (Å²) in [7, 11) is 0. The Morgan fingerprint density at radius 1 is 0.971 bits per heavy atom. The molecule has 0 fully saturated rings. The number of halogens is 2. The monoisotopic (exact) mass is 465 g/mol. The van der Waals surface area contributed by atoms with Crippen molar-refractivity contribution in [1.82, 2.24) is 4.57 Å². The molecule has 0 aliphatic rings. The molecule has 0 spiro atoms. The molecule has 6 nitrogen and oxygen atoms in total. The van der Waals surface area contributed by atoms with Crippen LogP contribution < -0.4 is 4.74 Å². The van der Waals surface area contributed by atoms with Crippen LogP contribution in [0, 0.1) is 18.6 Å². The Bertz CT molecular complexity index is 1410. The van der Waals surface area contributed by atoms with Crippen molar-refractivity contribution in [2.24, 2.45) is 0 Å². The first-order valence-corrected chi connectivity index (χ1v) is 10.6. The van der Waals surface area contributed by atoms with Crippen molar-refractivity contribution < 1.29 is 33.3 Å². The van der Waals surface area contributed by atoms with Gasteiger partial charge < -0.3 is 19.5 Å². The molecule has 0 saturated carbocycles. The van der Waals surface area contributed by atoms with Crippen molar-refractivity contribution in [3.8, 4) is 11.4 Å². The lowest BCUT2D eigenvalue weighted by Gasteiger charge is -2.13. The normalized spacial score (nSPS) is 11.0. The Hall–Kier alpha value is -4.20. The Morgan fingerprint density at radius 3 is 2.44 bits per heavy atom. The number of carbonyl (C=O) groups is 2. The third-order valence-corrected chi connectivity index (χ3v) is 5.61. The molecular formula is C26H21F2NO5. The van der Waals surface area contributed by atoms with Crippen LogP contribution in [-0.4, -0.2) is 33.3 Å². The lowest BCUT2D eigenvalue weighted by molar-refractivity contribution is 0.0679. The number of ether oxygens (including phenoxy) is 1. The fourth-order valence-electron chi connectivity index (χ4n) is 4.10. The Balaban J connectivity index is 1.71. The van der Waals surface area contributed by atoms with Crippen molar-refractivity contribution >= 4 is 22.8 Å². The number of nitrogens with zero attached hydrogens (tertiary/aromatic N) is 1. The summed E-state index contributed by atoms with van der Waals surface area (Å²) in [4.78, 5) is 23.7. The highest BCUT2D eigenvalue weighted by Gasteiger charge is 2.24. The molecule has 4 rings (SSSR count). The van der Waals surface area contributed by atoms with Crippen LogP contribution in [0.4, 0.5) is 8.78 Å². The molecule has 0 saturated heterocycles. The molecule has 3 aromatic carbocycles. The van der Waals surface area contributed by atoms with E-state index in [4.69, 9.17) is 4.74 Å². The van der Waals surface area contributed by atoms with Gasteiger partial charge in [-0.2, -0.15) is 4.39 Å². The quantitative estimate of drug-likeness (QED) is 0.330. The summed E-state index contributed by atoms with van der Waals surface area (Å²) in [6.07, 6.45) is 0.680. The van der Waals surface area contributed by atoms with Crippen LogP contribution in [0.3, 0.4) is 0 Å². The minimum absolute atomic E-state index is 0.0595. The van der Waals surface area contributed by atoms with Gasteiger partial charge in [-0.3, -0.25) is 0 Å². The molecule has 1 aromatic heterocycles. The molecule has 34 heavy (non-hydrogen) atoms. The van der Waals surface area contributed by atoms with Crippen molar-refractivity contribution in [2.75, 3.05) is 6.61 Å². The van der Waals surface area contributed by atoms with E-state index in [1.165, 1.54) is 24.3 Å². The van der Waals surface area contributed by atoms with Crippen molar-refractivity contribution in [3.05, 3.63) is 94.7 Å². The second-order valence-electron chi connectivity index (χ2n) is 7.80. The predicted octanol–water partition coefficient (Wildman–Crippen LogP) is 5.63. The fourth-order valence-corrected chi connectivity index (χ4v) is 4.10. The molecule has 0 unspecified atom stereocenters. The van der Waals surface area contributed by atoms with E-state index >= 15 is 0 Å². The van der Waals surface area contributed by atoms with Crippen molar-refractivity contribution in [3.63, 3.8) is 0 Å². The minimum Gasteiger partial charge on any atom is -0.490 e. The Morgan fingerprint density at radius 2 is 1.74 bits per heavy atom. The van der Waals surface area contributed by atoms with E-state index in [1.807, 2.05) is 6.07 Å². The number of aryl methyl sites for hydroxylation is 2. The summed E-state index contributed by atoms with van der Waals surface area (Å²) < 4.78 is 34.2. The summed E-state index contributed by atoms with van der Waals surface area (Å²) in [5.74, 6) is -4.47. The van der Waals surface area contributed by atoms with Crippen LogP contribution in [-0.2, 0) is 6.42 Å². The molecule has 0 amide bonds. The Labute approximate surface area is 193 Å². The minimum atomic E-state index is -1.13. The zero-order valence-electron chi connectivity index (χ0n) is 18.2. The summed E-state index contributed by atoms with van der Waals surface area (Å²) in [5, 5.41) is 20.1. The van der Waals surface area contributed by atoms with Gasteiger partial charge in [0.25, 0.3) is 0 Å². The largest absolute Gasteiger partial charge is 0.490 e. The van der Waals surface area contributed by atoms with Gasteiger partial charge in [0.05, 0.1) is 17.7 Å². The van der Waals surface area contributed by atoms with Gasteiger partial charge in [-0.15, -0.1) is 0 Å². The molecule has 2 N–H and O–H groups in total. The first kappa shape index (κ1) is 23.0. The molecule has 0 atom stereocenters. The highest BCUT2D eigenvalue weighted by Crippen LogP contribution is 2.32. The van der Waals surface area contributed by atoms with Gasteiger partial charge in [0.2, 0.25) is 5.82 Å². The van der Waals surface area contributed by atoms with E-state index in [9.17, 15) is 28.6 Å². The highest BCUT2D eigenvalue weighted by molar-refractivity contribution is 6.00. The van der Waals surface area contributed by atoms with Gasteiger partial charge >= 0.3 is 11.9 Å². The predicted molar refractivity (Wildman–Crippen MR) is 122 cm³/mol. The van der Waals surface area contributed by atoms with E-state index < -0.39 is 23.6 Å². The topological polar surface area (TPSA) is 88.8 Å². The standard InChI is InChI=1S/C26H21F2NO5/c1-15-14-16(25(30)31)11-12-20(15)29-21-9-3-2-6-17(21)18(24(29)26(32)33)7-5-13-34-22-10-4-8-19(27)23(22)28/h2-4,6,8-12,14H,5,7,13H2,1H3,(H,30,31)(H,32,33). The second kappa shape index (κ2) is 9.35. The van der Waals surface area contributed by atoms with E-state index in [0.717, 1.165) is 11.5 Å². The molecule has 174 valence electrons. The molecule has 4 aromatic rings. The third-order valence-electron chi connectivity index (χ3n) is 5.61. The van der Waals surface area contributed by atoms with Crippen LogP contribution in [0.15, 0.2) is 60.7 Å². The zero-order chi connectivity index (χ0) is 24.4. The maximum Gasteiger partial charge on any atom is 0.353 e. The zero-order valence-corrected chi connectivity index (χ0v) is 18.2. The average Bonchev–Trinajstić information content (AvgIpc) is 3.13. The van der Waals surface area contributed by atoms with Gasteiger partial charge in [-0.1, -0.05) is 24.3 Å². The number of para-hydroxylation sites is 1. The van der Waals surface area contributed by atoms with Gasteiger partial charge in [-0.05, 0) is 67.3 Å². The van der Waals surface area contributed by atoms with E-state index in [0.29, 0.717) is 35.2 Å². The summed E-state index contributed by atoms with van der Waals surface area (Å²) >= 11 is 0. The summed E-state index contributed by atoms with van der Waals surface area (Å²) in [6, 6.07) is 15.4. The number of carboxylic acid groups (broad SMARTS) is 2. The summed E-state index contributed by atoms with van der Waals surface area (Å²) in [5.41, 5.74) is 2.58. The fraction of sp³-hybridized carbons (Fsp3) is 0.154. The molecule has 0 aliphatic heterocycles. The van der Waals surface area contributed by atoms with Crippen LogP contribution >= 0.6 is 0 Å². The van der Waals surface area contributed by atoms with Crippen molar-refractivity contribution in [1.29, 1.82) is 0 Å². The van der Waals surface area contributed by atoms with Gasteiger partial charge in [0, 0.05) is 11.1 Å². The smallest absolute Gasteiger partial charge is 0.353 e. The van der Waals surface area contributed by atoms with Crippen LogP contribution in [0.5, 0.6) is 5.75 Å².